The van der Waals surface area contributed by atoms with E-state index in [2.05, 4.69) is 12.2 Å². The number of nitrogens with one attached hydrogen (secondary N) is 1. The first-order chi connectivity index (χ1) is 10.2. The Hall–Kier alpha value is -1.36. The van der Waals surface area contributed by atoms with Gasteiger partial charge in [-0.1, -0.05) is 18.5 Å². The Labute approximate surface area is 128 Å². The smallest absolute Gasteiger partial charge is 0.205 e. The van der Waals surface area contributed by atoms with Gasteiger partial charge in [0, 0.05) is 16.5 Å². The molecule has 21 heavy (non-hydrogen) atoms. The molecule has 4 nitrogen and oxygen atoms in total. The van der Waals surface area contributed by atoms with E-state index in [1.165, 1.54) is 0 Å². The fraction of sp³-hybridized carbons (Fsp3) is 0.438. The first-order valence-corrected chi connectivity index (χ1v) is 7.61. The van der Waals surface area contributed by atoms with Gasteiger partial charge in [-0.05, 0) is 37.2 Å². The van der Waals surface area contributed by atoms with Crippen LogP contribution in [0.4, 0.5) is 0 Å². The van der Waals surface area contributed by atoms with E-state index in [-0.39, 0.29) is 17.7 Å². The molecular formula is C16H18ClNO3. The third-order valence-electron chi connectivity index (χ3n) is 3.80. The lowest BCUT2D eigenvalue weighted by molar-refractivity contribution is 0.0865. The number of ketones is 1. The van der Waals surface area contributed by atoms with Gasteiger partial charge in [0.2, 0.25) is 5.78 Å². The standard InChI is InChI=1S/C16H18ClNO3/c1-2-5-18-13-9-20-8-12(13)16(19)15-7-10-6-11(17)3-4-14(10)21-15/h3-4,6-7,12-13,18H,2,5,8-9H2,1H3. The van der Waals surface area contributed by atoms with Gasteiger partial charge in [0.05, 0.1) is 19.1 Å². The number of hydrogen-bond acceptors (Lipinski definition) is 4. The fourth-order valence-corrected chi connectivity index (χ4v) is 2.84. The number of fused-ring (bicyclic) bond motifs is 1. The van der Waals surface area contributed by atoms with Crippen molar-refractivity contribution < 1.29 is 13.9 Å². The highest BCUT2D eigenvalue weighted by atomic mass is 35.5. The summed E-state index contributed by atoms with van der Waals surface area (Å²) in [5.41, 5.74) is 0.680. The van der Waals surface area contributed by atoms with E-state index in [1.807, 2.05) is 0 Å². The van der Waals surface area contributed by atoms with E-state index in [9.17, 15) is 4.79 Å². The van der Waals surface area contributed by atoms with Crippen molar-refractivity contribution in [2.24, 2.45) is 5.92 Å². The van der Waals surface area contributed by atoms with E-state index < -0.39 is 0 Å². The van der Waals surface area contributed by atoms with Crippen LogP contribution in [0.25, 0.3) is 11.0 Å². The van der Waals surface area contributed by atoms with Crippen LogP contribution in [0.5, 0.6) is 0 Å². The molecule has 112 valence electrons. The number of Topliss-reactive ketones (excluding diaryl/α,β-unsaturated/α-hetero) is 1. The second-order valence-electron chi connectivity index (χ2n) is 5.36. The predicted molar refractivity (Wildman–Crippen MR) is 81.9 cm³/mol. The molecule has 1 saturated heterocycles. The number of ether oxygens (including phenoxy) is 1. The monoisotopic (exact) mass is 307 g/mol. The third-order valence-corrected chi connectivity index (χ3v) is 4.03. The summed E-state index contributed by atoms with van der Waals surface area (Å²) in [5, 5.41) is 4.85. The van der Waals surface area contributed by atoms with Gasteiger partial charge >= 0.3 is 0 Å². The number of carbonyl (C=O) groups excluding carboxylic acids is 1. The Kier molecular flexibility index (Phi) is 4.29. The number of carbonyl (C=O) groups is 1. The quantitative estimate of drug-likeness (QED) is 0.861. The normalized spacial score (nSPS) is 22.0. The van der Waals surface area contributed by atoms with Crippen LogP contribution in [0, 0.1) is 5.92 Å². The summed E-state index contributed by atoms with van der Waals surface area (Å²) in [6.07, 6.45) is 1.03. The third kappa shape index (κ3) is 2.98. The molecule has 3 rings (SSSR count). The van der Waals surface area contributed by atoms with Crippen LogP contribution < -0.4 is 5.32 Å². The van der Waals surface area contributed by atoms with Gasteiger partial charge in [0.1, 0.15) is 5.58 Å². The summed E-state index contributed by atoms with van der Waals surface area (Å²) in [4.78, 5) is 12.6. The summed E-state index contributed by atoms with van der Waals surface area (Å²) in [5.74, 6) is 0.187. The zero-order valence-electron chi connectivity index (χ0n) is 11.9. The lowest BCUT2D eigenvalue weighted by Gasteiger charge is -2.16. The molecule has 0 amide bonds. The molecule has 1 aliphatic heterocycles. The zero-order valence-corrected chi connectivity index (χ0v) is 12.7. The molecule has 1 aromatic heterocycles. The molecule has 5 heteroatoms. The van der Waals surface area contributed by atoms with Crippen molar-refractivity contribution in [1.29, 1.82) is 0 Å². The van der Waals surface area contributed by atoms with Gasteiger partial charge in [-0.25, -0.2) is 0 Å². The van der Waals surface area contributed by atoms with Gasteiger partial charge < -0.3 is 14.5 Å². The topological polar surface area (TPSA) is 51.5 Å². The zero-order chi connectivity index (χ0) is 14.8. The molecule has 2 aromatic rings. The molecule has 2 heterocycles. The van der Waals surface area contributed by atoms with E-state index in [0.29, 0.717) is 29.6 Å². The molecule has 0 saturated carbocycles. The molecule has 1 N–H and O–H groups in total. The predicted octanol–water partition coefficient (Wildman–Crippen LogP) is 3.28. The summed E-state index contributed by atoms with van der Waals surface area (Å²) >= 11 is 5.96. The van der Waals surface area contributed by atoms with Gasteiger partial charge in [-0.15, -0.1) is 0 Å². The number of hydrogen-bond donors (Lipinski definition) is 1. The Bertz CT molecular complexity index is 652. The van der Waals surface area contributed by atoms with E-state index >= 15 is 0 Å². The minimum absolute atomic E-state index is 0.00609. The maximum Gasteiger partial charge on any atom is 0.205 e. The number of furan rings is 1. The van der Waals surface area contributed by atoms with Gasteiger partial charge in [-0.3, -0.25) is 4.79 Å². The lowest BCUT2D eigenvalue weighted by Crippen LogP contribution is -2.39. The van der Waals surface area contributed by atoms with Crippen molar-refractivity contribution in [2.75, 3.05) is 19.8 Å². The molecule has 2 unspecified atom stereocenters. The highest BCUT2D eigenvalue weighted by Crippen LogP contribution is 2.26. The van der Waals surface area contributed by atoms with Gasteiger partial charge in [-0.2, -0.15) is 0 Å². The average molecular weight is 308 g/mol. The molecule has 1 fully saturated rings. The molecule has 0 radical (unpaired) electrons. The van der Waals surface area contributed by atoms with Crippen LogP contribution in [0.3, 0.4) is 0 Å². The van der Waals surface area contributed by atoms with Gasteiger partial charge in [0.15, 0.2) is 5.76 Å². The minimum atomic E-state index is -0.187. The Balaban J connectivity index is 1.82. The first-order valence-electron chi connectivity index (χ1n) is 7.23. The molecule has 0 aliphatic carbocycles. The number of halogens is 1. The lowest BCUT2D eigenvalue weighted by atomic mass is 9.96. The van der Waals surface area contributed by atoms with Crippen molar-refractivity contribution >= 4 is 28.4 Å². The largest absolute Gasteiger partial charge is 0.453 e. The van der Waals surface area contributed by atoms with Crippen molar-refractivity contribution in [1.82, 2.24) is 5.32 Å². The van der Waals surface area contributed by atoms with E-state index in [0.717, 1.165) is 18.4 Å². The highest BCUT2D eigenvalue weighted by Gasteiger charge is 2.35. The molecule has 0 bridgehead atoms. The highest BCUT2D eigenvalue weighted by molar-refractivity contribution is 6.31. The average Bonchev–Trinajstić information content (AvgIpc) is 3.10. The van der Waals surface area contributed by atoms with Crippen molar-refractivity contribution in [3.63, 3.8) is 0 Å². The van der Waals surface area contributed by atoms with Crippen LogP contribution in [0.1, 0.15) is 23.9 Å². The van der Waals surface area contributed by atoms with Crippen molar-refractivity contribution in [3.8, 4) is 0 Å². The molecule has 1 aromatic carbocycles. The Morgan fingerprint density at radius 1 is 1.38 bits per heavy atom. The first kappa shape index (κ1) is 14.6. The van der Waals surface area contributed by atoms with Crippen molar-refractivity contribution in [2.45, 2.75) is 19.4 Å². The second-order valence-corrected chi connectivity index (χ2v) is 5.80. The Morgan fingerprint density at radius 3 is 3.05 bits per heavy atom. The molecule has 2 atom stereocenters. The number of benzene rings is 1. The minimum Gasteiger partial charge on any atom is -0.453 e. The SMILES string of the molecule is CCCNC1COCC1C(=O)c1cc2cc(Cl)ccc2o1. The van der Waals surface area contributed by atoms with E-state index in [4.69, 9.17) is 20.8 Å². The fourth-order valence-electron chi connectivity index (χ4n) is 2.66. The van der Waals surface area contributed by atoms with Gasteiger partial charge in [0.25, 0.3) is 0 Å². The van der Waals surface area contributed by atoms with Crippen LogP contribution >= 0.6 is 11.6 Å². The van der Waals surface area contributed by atoms with Crippen molar-refractivity contribution in [3.05, 3.63) is 35.0 Å². The summed E-state index contributed by atoms with van der Waals surface area (Å²) in [6, 6.07) is 7.17. The second kappa shape index (κ2) is 6.18. The maximum absolute atomic E-state index is 12.6. The van der Waals surface area contributed by atoms with Crippen LogP contribution in [0.15, 0.2) is 28.7 Å². The Morgan fingerprint density at radius 2 is 2.24 bits per heavy atom. The summed E-state index contributed by atoms with van der Waals surface area (Å²) in [7, 11) is 0. The van der Waals surface area contributed by atoms with E-state index in [1.54, 1.807) is 24.3 Å². The van der Waals surface area contributed by atoms with Crippen LogP contribution in [-0.4, -0.2) is 31.6 Å². The maximum atomic E-state index is 12.6. The molecule has 1 aliphatic rings. The molecule has 0 spiro atoms. The summed E-state index contributed by atoms with van der Waals surface area (Å²) in [6.45, 7) is 4.00. The van der Waals surface area contributed by atoms with Crippen LogP contribution in [0.2, 0.25) is 5.02 Å². The molecular weight excluding hydrogens is 290 g/mol. The summed E-state index contributed by atoms with van der Waals surface area (Å²) < 4.78 is 11.1. The van der Waals surface area contributed by atoms with Crippen LogP contribution in [-0.2, 0) is 4.74 Å². The number of rotatable bonds is 5.